The minimum absolute atomic E-state index is 0.127. The maximum atomic E-state index is 12.0. The van der Waals surface area contributed by atoms with E-state index < -0.39 is 0 Å². The highest BCUT2D eigenvalue weighted by atomic mass is 16.5. The summed E-state index contributed by atoms with van der Waals surface area (Å²) in [6.07, 6.45) is 2.22. The van der Waals surface area contributed by atoms with E-state index in [0.29, 0.717) is 24.3 Å². The van der Waals surface area contributed by atoms with Crippen LogP contribution in [-0.4, -0.2) is 43.0 Å². The van der Waals surface area contributed by atoms with Crippen molar-refractivity contribution in [1.82, 2.24) is 4.90 Å². The number of carbonyl (C=O) groups is 1. The maximum absolute atomic E-state index is 12.0. The summed E-state index contributed by atoms with van der Waals surface area (Å²) in [5, 5.41) is 0. The van der Waals surface area contributed by atoms with Gasteiger partial charge in [0.1, 0.15) is 5.78 Å². The van der Waals surface area contributed by atoms with Crippen molar-refractivity contribution in [1.29, 1.82) is 0 Å². The average Bonchev–Trinajstić information content (AvgIpc) is 3.04. The van der Waals surface area contributed by atoms with Crippen LogP contribution in [0.3, 0.4) is 0 Å². The van der Waals surface area contributed by atoms with Gasteiger partial charge in [0.05, 0.1) is 19.1 Å². The molecule has 2 aliphatic rings. The largest absolute Gasteiger partial charge is 0.379 e. The summed E-state index contributed by atoms with van der Waals surface area (Å²) in [7, 11) is 0. The molecule has 15 heavy (non-hydrogen) atoms. The van der Waals surface area contributed by atoms with Crippen LogP contribution in [0, 0.1) is 11.8 Å². The number of nitrogens with zero attached hydrogens (tertiary/aromatic N) is 1. The summed E-state index contributed by atoms with van der Waals surface area (Å²) >= 11 is 0. The second-order valence-corrected chi connectivity index (χ2v) is 5.04. The molecule has 1 aliphatic heterocycles. The summed E-state index contributed by atoms with van der Waals surface area (Å²) in [4.78, 5) is 14.3. The summed E-state index contributed by atoms with van der Waals surface area (Å²) in [6.45, 7) is 7.64. The van der Waals surface area contributed by atoms with Crippen molar-refractivity contribution in [3.63, 3.8) is 0 Å². The highest BCUT2D eigenvalue weighted by Crippen LogP contribution is 2.33. The van der Waals surface area contributed by atoms with Crippen LogP contribution in [-0.2, 0) is 9.53 Å². The zero-order chi connectivity index (χ0) is 10.8. The van der Waals surface area contributed by atoms with Crippen LogP contribution >= 0.6 is 0 Å². The van der Waals surface area contributed by atoms with Gasteiger partial charge >= 0.3 is 0 Å². The molecule has 0 N–H and O–H groups in total. The fourth-order valence-corrected chi connectivity index (χ4v) is 2.18. The lowest BCUT2D eigenvalue weighted by Crippen LogP contribution is -2.38. The minimum atomic E-state index is 0.127. The van der Waals surface area contributed by atoms with Gasteiger partial charge in [0.2, 0.25) is 0 Å². The zero-order valence-corrected chi connectivity index (χ0v) is 9.74. The number of Topliss-reactive ketones (excluding diaryl/α,β-unsaturated/α-hetero) is 1. The Morgan fingerprint density at radius 1 is 1.33 bits per heavy atom. The number of ketones is 1. The van der Waals surface area contributed by atoms with Crippen LogP contribution < -0.4 is 0 Å². The predicted molar refractivity (Wildman–Crippen MR) is 58.7 cm³/mol. The predicted octanol–water partition coefficient (Wildman–Crippen LogP) is 1.32. The van der Waals surface area contributed by atoms with Crippen molar-refractivity contribution < 1.29 is 9.53 Å². The molecule has 2 fully saturated rings. The Labute approximate surface area is 91.8 Å². The highest BCUT2D eigenvalue weighted by molar-refractivity contribution is 5.85. The van der Waals surface area contributed by atoms with E-state index in [9.17, 15) is 4.79 Å². The third-order valence-electron chi connectivity index (χ3n) is 3.41. The lowest BCUT2D eigenvalue weighted by atomic mass is 10.0. The van der Waals surface area contributed by atoms with Gasteiger partial charge in [0, 0.05) is 25.0 Å². The molecule has 1 saturated heterocycles. The summed E-state index contributed by atoms with van der Waals surface area (Å²) in [6, 6.07) is 0.515. The number of carbonyl (C=O) groups excluding carboxylic acids is 1. The van der Waals surface area contributed by atoms with Gasteiger partial charge in [-0.1, -0.05) is 0 Å². The summed E-state index contributed by atoms with van der Waals surface area (Å²) in [5.74, 6) is 0.940. The molecular formula is C12H21NO2. The molecule has 3 nitrogen and oxygen atoms in total. The Bertz CT molecular complexity index is 236. The highest BCUT2D eigenvalue weighted by Gasteiger charge is 2.36. The monoisotopic (exact) mass is 211 g/mol. The van der Waals surface area contributed by atoms with E-state index in [2.05, 4.69) is 18.7 Å². The molecule has 0 unspecified atom stereocenters. The van der Waals surface area contributed by atoms with Crippen molar-refractivity contribution in [2.45, 2.75) is 32.7 Å². The first-order valence-electron chi connectivity index (χ1n) is 6.04. The van der Waals surface area contributed by atoms with Crippen molar-refractivity contribution in [3.8, 4) is 0 Å². The van der Waals surface area contributed by atoms with Crippen molar-refractivity contribution in [3.05, 3.63) is 0 Å². The topological polar surface area (TPSA) is 29.5 Å². The van der Waals surface area contributed by atoms with E-state index in [1.54, 1.807) is 0 Å². The first-order chi connectivity index (χ1) is 7.18. The zero-order valence-electron chi connectivity index (χ0n) is 9.74. The third-order valence-corrected chi connectivity index (χ3v) is 3.41. The number of hydrogen-bond donors (Lipinski definition) is 0. The van der Waals surface area contributed by atoms with E-state index in [1.807, 2.05) is 0 Å². The van der Waals surface area contributed by atoms with Crippen LogP contribution in [0.5, 0.6) is 0 Å². The quantitative estimate of drug-likeness (QED) is 0.705. The van der Waals surface area contributed by atoms with Crippen LogP contribution in [0.15, 0.2) is 0 Å². The summed E-state index contributed by atoms with van der Waals surface area (Å²) < 4.78 is 5.52. The van der Waals surface area contributed by atoms with Gasteiger partial charge in [-0.2, -0.15) is 0 Å². The number of ether oxygens (including phenoxy) is 1. The average molecular weight is 211 g/mol. The Kier molecular flexibility index (Phi) is 3.42. The SMILES string of the molecule is CC(C)N1CCOC[C@H](C(=O)C2CC2)C1. The molecule has 86 valence electrons. The van der Waals surface area contributed by atoms with Crippen molar-refractivity contribution >= 4 is 5.78 Å². The third kappa shape index (κ3) is 2.79. The molecule has 0 spiro atoms. The molecular weight excluding hydrogens is 190 g/mol. The normalized spacial score (nSPS) is 29.1. The lowest BCUT2D eigenvalue weighted by Gasteiger charge is -2.26. The molecule has 0 aromatic heterocycles. The van der Waals surface area contributed by atoms with Crippen LogP contribution in [0.4, 0.5) is 0 Å². The standard InChI is InChI=1S/C12H21NO2/c1-9(2)13-5-6-15-8-11(7-13)12(14)10-3-4-10/h9-11H,3-8H2,1-2H3/t11-/m1/s1. The molecule has 3 heteroatoms. The molecule has 0 aromatic carbocycles. The molecule has 1 heterocycles. The molecule has 0 aromatic rings. The van der Waals surface area contributed by atoms with E-state index in [1.165, 1.54) is 0 Å². The first kappa shape index (κ1) is 11.1. The Morgan fingerprint density at radius 2 is 2.07 bits per heavy atom. The molecule has 1 saturated carbocycles. The fourth-order valence-electron chi connectivity index (χ4n) is 2.18. The van der Waals surface area contributed by atoms with Gasteiger partial charge in [0.15, 0.2) is 0 Å². The van der Waals surface area contributed by atoms with E-state index in [0.717, 1.165) is 32.5 Å². The van der Waals surface area contributed by atoms with Gasteiger partial charge in [-0.15, -0.1) is 0 Å². The molecule has 0 amide bonds. The Hall–Kier alpha value is -0.410. The van der Waals surface area contributed by atoms with Crippen LogP contribution in [0.1, 0.15) is 26.7 Å². The van der Waals surface area contributed by atoms with Crippen LogP contribution in [0.2, 0.25) is 0 Å². The van der Waals surface area contributed by atoms with Crippen molar-refractivity contribution in [2.24, 2.45) is 11.8 Å². The lowest BCUT2D eigenvalue weighted by molar-refractivity contribution is -0.125. The van der Waals surface area contributed by atoms with E-state index in [-0.39, 0.29) is 5.92 Å². The summed E-state index contributed by atoms with van der Waals surface area (Å²) in [5.41, 5.74) is 0. The molecule has 0 radical (unpaired) electrons. The van der Waals surface area contributed by atoms with Gasteiger partial charge in [-0.25, -0.2) is 0 Å². The maximum Gasteiger partial charge on any atom is 0.142 e. The second kappa shape index (κ2) is 4.62. The fraction of sp³-hybridized carbons (Fsp3) is 0.917. The molecule has 1 aliphatic carbocycles. The van der Waals surface area contributed by atoms with Gasteiger partial charge in [-0.05, 0) is 26.7 Å². The Balaban J connectivity index is 1.94. The first-order valence-corrected chi connectivity index (χ1v) is 6.04. The molecule has 1 atom stereocenters. The molecule has 2 rings (SSSR count). The van der Waals surface area contributed by atoms with E-state index >= 15 is 0 Å². The van der Waals surface area contributed by atoms with E-state index in [4.69, 9.17) is 4.74 Å². The number of rotatable bonds is 3. The molecule has 0 bridgehead atoms. The van der Waals surface area contributed by atoms with Crippen LogP contribution in [0.25, 0.3) is 0 Å². The van der Waals surface area contributed by atoms with Gasteiger partial charge in [0.25, 0.3) is 0 Å². The van der Waals surface area contributed by atoms with Gasteiger partial charge in [-0.3, -0.25) is 9.69 Å². The Morgan fingerprint density at radius 3 is 2.67 bits per heavy atom. The number of hydrogen-bond acceptors (Lipinski definition) is 3. The smallest absolute Gasteiger partial charge is 0.142 e. The van der Waals surface area contributed by atoms with Crippen molar-refractivity contribution in [2.75, 3.05) is 26.3 Å². The minimum Gasteiger partial charge on any atom is -0.379 e. The second-order valence-electron chi connectivity index (χ2n) is 5.04. The van der Waals surface area contributed by atoms with Gasteiger partial charge < -0.3 is 4.74 Å².